The van der Waals surface area contributed by atoms with Crippen molar-refractivity contribution < 1.29 is 14.4 Å². The zero-order valence-electron chi connectivity index (χ0n) is 15.7. The summed E-state index contributed by atoms with van der Waals surface area (Å²) in [7, 11) is 0. The summed E-state index contributed by atoms with van der Waals surface area (Å²) in [5.74, 6) is -0.892. The van der Waals surface area contributed by atoms with E-state index in [1.807, 2.05) is 37.3 Å². The van der Waals surface area contributed by atoms with Crippen molar-refractivity contribution >= 4 is 30.1 Å². The SMILES string of the molecule is CCNCCNC(=O)c1ccc2c(c1)C(=O)N(CCc1ccccc1)C2=O.Cl. The maximum absolute atomic E-state index is 12.7. The van der Waals surface area contributed by atoms with E-state index in [9.17, 15) is 14.4 Å². The minimum absolute atomic E-state index is 0. The summed E-state index contributed by atoms with van der Waals surface area (Å²) in [6.45, 7) is 4.33. The molecule has 7 heteroatoms. The maximum atomic E-state index is 12.7. The van der Waals surface area contributed by atoms with Gasteiger partial charge in [-0.2, -0.15) is 0 Å². The summed E-state index contributed by atoms with van der Waals surface area (Å²) >= 11 is 0. The first-order chi connectivity index (χ1) is 13.1. The molecule has 0 saturated carbocycles. The zero-order chi connectivity index (χ0) is 19.2. The normalized spacial score (nSPS) is 12.5. The number of carbonyl (C=O) groups excluding carboxylic acids is 3. The number of hydrogen-bond donors (Lipinski definition) is 2. The van der Waals surface area contributed by atoms with E-state index in [1.165, 1.54) is 11.0 Å². The Hall–Kier alpha value is -2.70. The van der Waals surface area contributed by atoms with Crippen LogP contribution in [0.3, 0.4) is 0 Å². The van der Waals surface area contributed by atoms with Crippen LogP contribution in [-0.2, 0) is 6.42 Å². The van der Waals surface area contributed by atoms with E-state index in [-0.39, 0.29) is 30.1 Å². The van der Waals surface area contributed by atoms with E-state index in [0.29, 0.717) is 42.7 Å². The molecule has 0 unspecified atom stereocenters. The van der Waals surface area contributed by atoms with Crippen LogP contribution in [0.15, 0.2) is 48.5 Å². The number of halogens is 1. The highest BCUT2D eigenvalue weighted by atomic mass is 35.5. The number of amides is 3. The van der Waals surface area contributed by atoms with Crippen molar-refractivity contribution in [3.63, 3.8) is 0 Å². The Morgan fingerprint density at radius 2 is 1.68 bits per heavy atom. The van der Waals surface area contributed by atoms with Gasteiger partial charge in [0.2, 0.25) is 0 Å². The molecule has 1 aliphatic heterocycles. The van der Waals surface area contributed by atoms with Crippen molar-refractivity contribution in [3.8, 4) is 0 Å². The number of imide groups is 1. The van der Waals surface area contributed by atoms with E-state index >= 15 is 0 Å². The van der Waals surface area contributed by atoms with Gasteiger partial charge in [-0.25, -0.2) is 0 Å². The molecule has 0 atom stereocenters. The molecule has 2 N–H and O–H groups in total. The average molecular weight is 402 g/mol. The smallest absolute Gasteiger partial charge is 0.261 e. The van der Waals surface area contributed by atoms with E-state index < -0.39 is 0 Å². The molecule has 0 radical (unpaired) electrons. The summed E-state index contributed by atoms with van der Waals surface area (Å²) in [5, 5.41) is 5.92. The minimum atomic E-state index is -0.340. The number of rotatable bonds is 8. The molecule has 3 amide bonds. The predicted molar refractivity (Wildman–Crippen MR) is 110 cm³/mol. The number of likely N-dealkylation sites (N-methyl/N-ethyl adjacent to an activating group) is 1. The lowest BCUT2D eigenvalue weighted by molar-refractivity contribution is 0.0656. The summed E-state index contributed by atoms with van der Waals surface area (Å²) < 4.78 is 0. The zero-order valence-corrected chi connectivity index (χ0v) is 16.6. The molecule has 0 aliphatic carbocycles. The minimum Gasteiger partial charge on any atom is -0.351 e. The van der Waals surface area contributed by atoms with Crippen molar-refractivity contribution in [2.75, 3.05) is 26.2 Å². The first kappa shape index (κ1) is 21.6. The molecule has 1 aliphatic rings. The number of nitrogens with one attached hydrogen (secondary N) is 2. The van der Waals surface area contributed by atoms with Gasteiger partial charge in [-0.05, 0) is 36.7 Å². The third-order valence-electron chi connectivity index (χ3n) is 4.54. The van der Waals surface area contributed by atoms with Crippen LogP contribution in [0.4, 0.5) is 0 Å². The predicted octanol–water partition coefficient (Wildman–Crippen LogP) is 2.29. The van der Waals surface area contributed by atoms with Crippen molar-refractivity contribution in [2.24, 2.45) is 0 Å². The number of benzene rings is 2. The second-order valence-electron chi connectivity index (χ2n) is 6.37. The van der Waals surface area contributed by atoms with Crippen LogP contribution in [0.5, 0.6) is 0 Å². The quantitative estimate of drug-likeness (QED) is 0.525. The molecule has 0 fully saturated rings. The van der Waals surface area contributed by atoms with Crippen LogP contribution in [0.2, 0.25) is 0 Å². The fourth-order valence-electron chi connectivity index (χ4n) is 3.06. The molecule has 2 aromatic rings. The fourth-order valence-corrected chi connectivity index (χ4v) is 3.06. The Balaban J connectivity index is 0.00000280. The highest BCUT2D eigenvalue weighted by Crippen LogP contribution is 2.24. The van der Waals surface area contributed by atoms with Crippen LogP contribution in [0, 0.1) is 0 Å². The highest BCUT2D eigenvalue weighted by molar-refractivity contribution is 6.22. The number of fused-ring (bicyclic) bond motifs is 1. The van der Waals surface area contributed by atoms with Gasteiger partial charge in [0.25, 0.3) is 17.7 Å². The third kappa shape index (κ3) is 4.77. The van der Waals surface area contributed by atoms with Gasteiger partial charge >= 0.3 is 0 Å². The van der Waals surface area contributed by atoms with Gasteiger partial charge in [0.15, 0.2) is 0 Å². The molecule has 28 heavy (non-hydrogen) atoms. The van der Waals surface area contributed by atoms with Crippen LogP contribution < -0.4 is 10.6 Å². The van der Waals surface area contributed by atoms with Gasteiger partial charge in [-0.3, -0.25) is 19.3 Å². The number of nitrogens with zero attached hydrogens (tertiary/aromatic N) is 1. The Morgan fingerprint density at radius 3 is 2.39 bits per heavy atom. The second kappa shape index (κ2) is 10.0. The van der Waals surface area contributed by atoms with Gasteiger partial charge < -0.3 is 10.6 Å². The first-order valence-corrected chi connectivity index (χ1v) is 9.15. The van der Waals surface area contributed by atoms with Crippen molar-refractivity contribution in [1.29, 1.82) is 0 Å². The van der Waals surface area contributed by atoms with Crippen LogP contribution in [-0.4, -0.2) is 48.8 Å². The van der Waals surface area contributed by atoms with Gasteiger partial charge in [0, 0.05) is 25.2 Å². The van der Waals surface area contributed by atoms with Crippen molar-refractivity contribution in [2.45, 2.75) is 13.3 Å². The summed E-state index contributed by atoms with van der Waals surface area (Å²) in [4.78, 5) is 38.7. The molecular formula is C21H24ClN3O3. The van der Waals surface area contributed by atoms with Gasteiger partial charge in [-0.15, -0.1) is 12.4 Å². The van der Waals surface area contributed by atoms with Crippen LogP contribution in [0.25, 0.3) is 0 Å². The molecule has 0 saturated heterocycles. The average Bonchev–Trinajstić information content (AvgIpc) is 2.94. The third-order valence-corrected chi connectivity index (χ3v) is 4.54. The number of carbonyl (C=O) groups is 3. The van der Waals surface area contributed by atoms with E-state index in [0.717, 1.165) is 12.1 Å². The molecule has 0 aromatic heterocycles. The second-order valence-corrected chi connectivity index (χ2v) is 6.37. The molecule has 148 valence electrons. The van der Waals surface area contributed by atoms with Crippen molar-refractivity contribution in [1.82, 2.24) is 15.5 Å². The highest BCUT2D eigenvalue weighted by Gasteiger charge is 2.35. The lowest BCUT2D eigenvalue weighted by Gasteiger charge is -2.13. The molecule has 1 heterocycles. The Morgan fingerprint density at radius 1 is 0.964 bits per heavy atom. The largest absolute Gasteiger partial charge is 0.351 e. The summed E-state index contributed by atoms with van der Waals surface area (Å²) in [6.07, 6.45) is 0.601. The first-order valence-electron chi connectivity index (χ1n) is 9.15. The summed E-state index contributed by atoms with van der Waals surface area (Å²) in [5.41, 5.74) is 2.11. The van der Waals surface area contributed by atoms with Gasteiger partial charge in [0.05, 0.1) is 11.1 Å². The number of hydrogen-bond acceptors (Lipinski definition) is 4. The van der Waals surface area contributed by atoms with E-state index in [2.05, 4.69) is 10.6 Å². The Labute approximate surface area is 170 Å². The molecule has 0 bridgehead atoms. The Bertz CT molecular complexity index is 855. The lowest BCUT2D eigenvalue weighted by Crippen LogP contribution is -2.32. The van der Waals surface area contributed by atoms with E-state index in [4.69, 9.17) is 0 Å². The van der Waals surface area contributed by atoms with Crippen LogP contribution in [0.1, 0.15) is 43.6 Å². The maximum Gasteiger partial charge on any atom is 0.261 e. The van der Waals surface area contributed by atoms with Crippen LogP contribution >= 0.6 is 12.4 Å². The monoisotopic (exact) mass is 401 g/mol. The standard InChI is InChI=1S/C21H23N3O3.ClH/c1-2-22-11-12-23-19(25)16-8-9-17-18(14-16)21(27)24(20(17)26)13-10-15-6-4-3-5-7-15;/h3-9,14,22H,2,10-13H2,1H3,(H,23,25);1H. The van der Waals surface area contributed by atoms with Crippen molar-refractivity contribution in [3.05, 3.63) is 70.8 Å². The molecule has 0 spiro atoms. The molecular weight excluding hydrogens is 378 g/mol. The molecule has 6 nitrogen and oxygen atoms in total. The fraction of sp³-hybridized carbons (Fsp3) is 0.286. The van der Waals surface area contributed by atoms with Gasteiger partial charge in [-0.1, -0.05) is 37.3 Å². The summed E-state index contributed by atoms with van der Waals surface area (Å²) in [6, 6.07) is 14.4. The topological polar surface area (TPSA) is 78.5 Å². The molecule has 2 aromatic carbocycles. The Kier molecular flexibility index (Phi) is 7.72. The molecule has 3 rings (SSSR count). The lowest BCUT2D eigenvalue weighted by atomic mass is 10.1. The van der Waals surface area contributed by atoms with E-state index in [1.54, 1.807) is 12.1 Å². The van der Waals surface area contributed by atoms with Gasteiger partial charge in [0.1, 0.15) is 0 Å².